The number of hydrogen-bond donors (Lipinski definition) is 1. The predicted molar refractivity (Wildman–Crippen MR) is 123 cm³/mol. The van der Waals surface area contributed by atoms with Crippen molar-refractivity contribution in [3.8, 4) is 0 Å². The third-order valence-electron chi connectivity index (χ3n) is 6.72. The number of alkyl halides is 3. The van der Waals surface area contributed by atoms with Gasteiger partial charge in [0, 0.05) is 68.8 Å². The van der Waals surface area contributed by atoms with Crippen LogP contribution in [-0.4, -0.2) is 70.1 Å². The lowest BCUT2D eigenvalue weighted by Gasteiger charge is -2.45. The monoisotopic (exact) mass is 512 g/mol. The molecule has 4 rings (SSSR count). The molecule has 1 N–H and O–H groups in total. The lowest BCUT2D eigenvalue weighted by molar-refractivity contribution is -0.138. The van der Waals surface area contributed by atoms with Gasteiger partial charge in [0.25, 0.3) is 0 Å². The molecule has 2 amide bonds. The number of benzene rings is 1. The Balaban J connectivity index is 1.28. The van der Waals surface area contributed by atoms with Crippen LogP contribution >= 0.6 is 0 Å². The van der Waals surface area contributed by atoms with Gasteiger partial charge in [0.1, 0.15) is 11.6 Å². The summed E-state index contributed by atoms with van der Waals surface area (Å²) in [5.41, 5.74) is -0.590. The van der Waals surface area contributed by atoms with E-state index in [4.69, 9.17) is 0 Å². The largest absolute Gasteiger partial charge is 0.419 e. The van der Waals surface area contributed by atoms with Crippen LogP contribution in [0.3, 0.4) is 0 Å². The summed E-state index contributed by atoms with van der Waals surface area (Å²) in [4.78, 5) is 26.4. The van der Waals surface area contributed by atoms with Gasteiger partial charge < -0.3 is 15.1 Å². The van der Waals surface area contributed by atoms with Crippen LogP contribution in [0.2, 0.25) is 0 Å². The van der Waals surface area contributed by atoms with E-state index in [1.807, 2.05) is 18.7 Å². The van der Waals surface area contributed by atoms with E-state index in [1.54, 1.807) is 9.80 Å². The summed E-state index contributed by atoms with van der Waals surface area (Å²) in [7, 11) is 0. The molecule has 2 saturated heterocycles. The lowest BCUT2D eigenvalue weighted by atomic mass is 10.0. The summed E-state index contributed by atoms with van der Waals surface area (Å²) >= 11 is 0. The number of carbonyl (C=O) groups excluding carboxylic acids is 1. The topological polar surface area (TPSA) is 64.6 Å². The number of likely N-dealkylation sites (tertiary alicyclic amines) is 1. The number of anilines is 1. The van der Waals surface area contributed by atoms with Gasteiger partial charge in [-0.1, -0.05) is 0 Å². The Labute approximate surface area is 206 Å². The molecule has 0 unspecified atom stereocenters. The minimum Gasteiger partial charge on any atom is -0.337 e. The first kappa shape index (κ1) is 26.1. The van der Waals surface area contributed by atoms with E-state index in [2.05, 4.69) is 15.3 Å². The van der Waals surface area contributed by atoms with Crippen molar-refractivity contribution >= 4 is 12.0 Å². The fourth-order valence-electron chi connectivity index (χ4n) is 4.91. The molecule has 1 aromatic carbocycles. The average Bonchev–Trinajstić information content (AvgIpc) is 2.82. The van der Waals surface area contributed by atoms with Gasteiger partial charge in [-0.25, -0.2) is 23.5 Å². The van der Waals surface area contributed by atoms with E-state index in [-0.39, 0.29) is 30.1 Å². The van der Waals surface area contributed by atoms with Crippen molar-refractivity contribution in [1.82, 2.24) is 25.1 Å². The van der Waals surface area contributed by atoms with Crippen LogP contribution in [-0.2, 0) is 12.7 Å². The van der Waals surface area contributed by atoms with E-state index >= 15 is 0 Å². The number of urea groups is 1. The second kappa shape index (κ2) is 10.5. The van der Waals surface area contributed by atoms with Crippen molar-refractivity contribution in [1.29, 1.82) is 0 Å². The number of piperazine rings is 1. The number of rotatable bonds is 4. The predicted octanol–water partition coefficient (Wildman–Crippen LogP) is 4.05. The molecule has 196 valence electrons. The van der Waals surface area contributed by atoms with Crippen molar-refractivity contribution in [3.63, 3.8) is 0 Å². The first-order valence-electron chi connectivity index (χ1n) is 11.9. The lowest BCUT2D eigenvalue weighted by Crippen LogP contribution is -2.62. The van der Waals surface area contributed by atoms with Gasteiger partial charge in [-0.2, -0.15) is 13.2 Å². The highest BCUT2D eigenvalue weighted by Gasteiger charge is 2.36. The van der Waals surface area contributed by atoms with E-state index in [0.717, 1.165) is 24.5 Å². The van der Waals surface area contributed by atoms with Crippen molar-refractivity contribution in [2.75, 3.05) is 31.1 Å². The zero-order valence-corrected chi connectivity index (χ0v) is 20.1. The molecule has 0 aliphatic carbocycles. The van der Waals surface area contributed by atoms with Gasteiger partial charge >= 0.3 is 12.2 Å². The van der Waals surface area contributed by atoms with Crippen LogP contribution in [0, 0.1) is 11.6 Å². The molecule has 2 atom stereocenters. The molecule has 3 heterocycles. The molecule has 0 bridgehead atoms. The number of amides is 2. The first-order chi connectivity index (χ1) is 17.0. The number of nitrogens with one attached hydrogen (secondary N) is 1. The Hall–Kier alpha value is -3.02. The van der Waals surface area contributed by atoms with Gasteiger partial charge in [-0.15, -0.1) is 0 Å². The summed E-state index contributed by atoms with van der Waals surface area (Å²) in [5.74, 6) is -0.707. The first-order valence-corrected chi connectivity index (χ1v) is 11.9. The molecule has 2 aromatic rings. The molecule has 2 aliphatic heterocycles. The normalized spacial score (nSPS) is 22.1. The molecule has 0 spiro atoms. The van der Waals surface area contributed by atoms with E-state index < -0.39 is 23.4 Å². The van der Waals surface area contributed by atoms with Crippen molar-refractivity contribution < 1.29 is 26.7 Å². The number of piperidine rings is 1. The zero-order chi connectivity index (χ0) is 26.0. The Morgan fingerprint density at radius 2 is 1.67 bits per heavy atom. The van der Waals surface area contributed by atoms with Crippen LogP contribution < -0.4 is 10.2 Å². The minimum absolute atomic E-state index is 0.0400. The summed E-state index contributed by atoms with van der Waals surface area (Å²) in [6.45, 7) is 6.13. The summed E-state index contributed by atoms with van der Waals surface area (Å²) < 4.78 is 65.8. The fourth-order valence-corrected chi connectivity index (χ4v) is 4.91. The van der Waals surface area contributed by atoms with Crippen molar-refractivity contribution in [2.24, 2.45) is 0 Å². The number of carbonyl (C=O) groups is 1. The van der Waals surface area contributed by atoms with Crippen LogP contribution in [0.5, 0.6) is 0 Å². The molecule has 2 aliphatic rings. The Morgan fingerprint density at radius 3 is 2.25 bits per heavy atom. The van der Waals surface area contributed by atoms with Gasteiger partial charge in [0.2, 0.25) is 5.95 Å². The second-order valence-electron chi connectivity index (χ2n) is 9.52. The highest BCUT2D eigenvalue weighted by atomic mass is 19.4. The second-order valence-corrected chi connectivity index (χ2v) is 9.52. The number of aromatic nitrogens is 2. The summed E-state index contributed by atoms with van der Waals surface area (Å²) in [6, 6.07) is 2.77. The number of hydrogen-bond acceptors (Lipinski definition) is 5. The Bertz CT molecular complexity index is 1050. The van der Waals surface area contributed by atoms with E-state index in [9.17, 15) is 26.7 Å². The number of nitrogens with zero attached hydrogens (tertiary/aromatic N) is 5. The van der Waals surface area contributed by atoms with Crippen LogP contribution in [0.4, 0.5) is 32.7 Å². The maximum absolute atomic E-state index is 13.9. The van der Waals surface area contributed by atoms with E-state index in [1.165, 1.54) is 6.07 Å². The molecule has 0 saturated carbocycles. The molecule has 7 nitrogen and oxygen atoms in total. The molecular formula is C24H29F5N6O. The maximum Gasteiger partial charge on any atom is 0.419 e. The molecule has 0 radical (unpaired) electrons. The molecule has 36 heavy (non-hydrogen) atoms. The van der Waals surface area contributed by atoms with Gasteiger partial charge in [0.15, 0.2) is 0 Å². The van der Waals surface area contributed by atoms with Gasteiger partial charge in [-0.05, 0) is 44.9 Å². The fraction of sp³-hybridized carbons (Fsp3) is 0.542. The quantitative estimate of drug-likeness (QED) is 0.627. The molecule has 1 aromatic heterocycles. The SMILES string of the molecule is C[C@@H]1CN(c2ncc(C(F)(F)F)cn2)C[C@H](C)N1C(=O)NC1CCN(Cc2cc(F)ccc2F)CC1. The number of halogens is 5. The Morgan fingerprint density at radius 1 is 1.06 bits per heavy atom. The highest BCUT2D eigenvalue weighted by molar-refractivity contribution is 5.75. The molecular weight excluding hydrogens is 483 g/mol. The smallest absolute Gasteiger partial charge is 0.337 e. The average molecular weight is 513 g/mol. The van der Waals surface area contributed by atoms with Crippen molar-refractivity contribution in [3.05, 3.63) is 53.4 Å². The summed E-state index contributed by atoms with van der Waals surface area (Å²) in [5, 5.41) is 3.08. The summed E-state index contributed by atoms with van der Waals surface area (Å²) in [6.07, 6.45) is -1.59. The molecule has 12 heteroatoms. The standard InChI is InChI=1S/C24H29F5N6O/c1-15-12-34(22-30-10-18(11-31-22)24(27,28)29)13-16(2)35(15)23(36)32-20-5-7-33(8-6-20)14-17-9-19(25)3-4-21(17)26/h3-4,9-11,15-16,20H,5-8,12-14H2,1-2H3,(H,32,36)/t15-,16+. The third-order valence-corrected chi connectivity index (χ3v) is 6.72. The Kier molecular flexibility index (Phi) is 7.62. The molecule has 2 fully saturated rings. The van der Waals surface area contributed by atoms with Crippen LogP contribution in [0.25, 0.3) is 0 Å². The van der Waals surface area contributed by atoms with Gasteiger partial charge in [-0.3, -0.25) is 4.90 Å². The van der Waals surface area contributed by atoms with Crippen molar-refractivity contribution in [2.45, 2.75) is 57.5 Å². The van der Waals surface area contributed by atoms with Crippen LogP contribution in [0.15, 0.2) is 30.6 Å². The third kappa shape index (κ3) is 6.03. The zero-order valence-electron chi connectivity index (χ0n) is 20.1. The minimum atomic E-state index is -4.50. The maximum atomic E-state index is 13.9. The van der Waals surface area contributed by atoms with Gasteiger partial charge in [0.05, 0.1) is 5.56 Å². The van der Waals surface area contributed by atoms with Crippen LogP contribution in [0.1, 0.15) is 37.8 Å². The van der Waals surface area contributed by atoms with E-state index in [0.29, 0.717) is 51.1 Å². The highest BCUT2D eigenvalue weighted by Crippen LogP contribution is 2.29.